The third-order valence-electron chi connectivity index (χ3n) is 5.72. The summed E-state index contributed by atoms with van der Waals surface area (Å²) in [5, 5.41) is 8.27. The number of thiazole rings is 1. The van der Waals surface area contributed by atoms with E-state index in [0.717, 1.165) is 48.6 Å². The highest BCUT2D eigenvalue weighted by atomic mass is 32.1. The molecule has 0 fully saturated rings. The Hall–Kier alpha value is -3.85. The van der Waals surface area contributed by atoms with Crippen molar-refractivity contribution in [2.24, 2.45) is 0 Å². The first-order valence-corrected chi connectivity index (χ1v) is 11.2. The van der Waals surface area contributed by atoms with E-state index < -0.39 is 0 Å². The van der Waals surface area contributed by atoms with Crippen molar-refractivity contribution in [1.82, 2.24) is 29.1 Å². The number of anilines is 1. The molecule has 0 aliphatic carbocycles. The van der Waals surface area contributed by atoms with E-state index in [0.29, 0.717) is 12.5 Å². The minimum absolute atomic E-state index is 0.141. The SMILES string of the molecule is Cc1sc2nc(NC(=O)CCn3c4ccccc4c4nc5ccccc5nc43)nn2c1C. The molecule has 1 N–H and O–H groups in total. The molecule has 0 spiro atoms. The van der Waals surface area contributed by atoms with Crippen LogP contribution in [-0.4, -0.2) is 35.0 Å². The molecule has 6 aromatic rings. The van der Waals surface area contributed by atoms with E-state index in [1.165, 1.54) is 0 Å². The molecule has 0 saturated heterocycles. The van der Waals surface area contributed by atoms with Gasteiger partial charge in [0.1, 0.15) is 5.52 Å². The Morgan fingerprint density at radius 3 is 2.56 bits per heavy atom. The van der Waals surface area contributed by atoms with Crippen LogP contribution < -0.4 is 5.32 Å². The van der Waals surface area contributed by atoms with Gasteiger partial charge in [-0.05, 0) is 32.0 Å². The van der Waals surface area contributed by atoms with Crippen LogP contribution in [0.25, 0.3) is 38.1 Å². The minimum atomic E-state index is -0.141. The van der Waals surface area contributed by atoms with E-state index in [1.807, 2.05) is 62.4 Å². The van der Waals surface area contributed by atoms with Crippen molar-refractivity contribution >= 4 is 61.3 Å². The predicted molar refractivity (Wildman–Crippen MR) is 126 cm³/mol. The van der Waals surface area contributed by atoms with Crippen molar-refractivity contribution < 1.29 is 4.79 Å². The van der Waals surface area contributed by atoms with Crippen LogP contribution in [0, 0.1) is 13.8 Å². The lowest BCUT2D eigenvalue weighted by Crippen LogP contribution is -2.15. The average Bonchev–Trinajstić information content (AvgIpc) is 3.41. The molecule has 4 aromatic heterocycles. The number of aromatic nitrogens is 6. The normalized spacial score (nSPS) is 11.8. The number of nitrogens with zero attached hydrogens (tertiary/aromatic N) is 6. The zero-order valence-electron chi connectivity index (χ0n) is 17.5. The highest BCUT2D eigenvalue weighted by Gasteiger charge is 2.16. The van der Waals surface area contributed by atoms with Gasteiger partial charge in [0.25, 0.3) is 0 Å². The molecular formula is C23H19N7OS. The number of carbonyl (C=O) groups excluding carboxylic acids is 1. The Balaban J connectivity index is 1.32. The van der Waals surface area contributed by atoms with E-state index in [2.05, 4.69) is 20.0 Å². The Labute approximate surface area is 186 Å². The van der Waals surface area contributed by atoms with Gasteiger partial charge in [-0.3, -0.25) is 10.1 Å². The van der Waals surface area contributed by atoms with Crippen LogP contribution in [0.3, 0.4) is 0 Å². The van der Waals surface area contributed by atoms with Crippen LogP contribution in [0.2, 0.25) is 0 Å². The second-order valence-electron chi connectivity index (χ2n) is 7.72. The van der Waals surface area contributed by atoms with Gasteiger partial charge in [-0.15, -0.1) is 5.10 Å². The van der Waals surface area contributed by atoms with Crippen LogP contribution in [0.15, 0.2) is 48.5 Å². The maximum atomic E-state index is 12.7. The fraction of sp³-hybridized carbons (Fsp3) is 0.174. The molecule has 0 atom stereocenters. The molecule has 6 rings (SSSR count). The molecule has 0 aliphatic heterocycles. The number of carbonyl (C=O) groups is 1. The van der Waals surface area contributed by atoms with Crippen molar-refractivity contribution in [1.29, 1.82) is 0 Å². The standard InChI is InChI=1S/C23H19N7OS/c1-13-14(2)32-23-27-22(28-30(13)23)26-19(31)11-12-29-18-10-6-3-7-15(18)20-21(29)25-17-9-5-4-8-16(17)24-20/h3-10H,11-12H2,1-2H3,(H,26,28,31). The first-order chi connectivity index (χ1) is 15.6. The Kier molecular flexibility index (Phi) is 4.19. The van der Waals surface area contributed by atoms with Gasteiger partial charge in [-0.1, -0.05) is 41.7 Å². The van der Waals surface area contributed by atoms with Crippen molar-refractivity contribution in [2.45, 2.75) is 26.8 Å². The van der Waals surface area contributed by atoms with Crippen LogP contribution in [-0.2, 0) is 11.3 Å². The fourth-order valence-corrected chi connectivity index (χ4v) is 4.91. The lowest BCUT2D eigenvalue weighted by molar-refractivity contribution is -0.116. The number of nitrogens with one attached hydrogen (secondary N) is 1. The summed E-state index contributed by atoms with van der Waals surface area (Å²) in [7, 11) is 0. The molecule has 0 radical (unpaired) electrons. The van der Waals surface area contributed by atoms with Gasteiger partial charge < -0.3 is 4.57 Å². The number of hydrogen-bond acceptors (Lipinski definition) is 6. The largest absolute Gasteiger partial charge is 0.323 e. The van der Waals surface area contributed by atoms with E-state index in [9.17, 15) is 4.79 Å². The molecule has 1 amide bonds. The average molecular weight is 442 g/mol. The third-order valence-corrected chi connectivity index (χ3v) is 6.77. The van der Waals surface area contributed by atoms with Gasteiger partial charge in [0.2, 0.25) is 16.8 Å². The molecule has 2 aromatic carbocycles. The quantitative estimate of drug-likeness (QED) is 0.435. The van der Waals surface area contributed by atoms with E-state index in [1.54, 1.807) is 15.9 Å². The van der Waals surface area contributed by atoms with Gasteiger partial charge in [0.05, 0.1) is 22.2 Å². The third kappa shape index (κ3) is 2.93. The maximum absolute atomic E-state index is 12.7. The van der Waals surface area contributed by atoms with Crippen molar-refractivity contribution in [3.8, 4) is 0 Å². The summed E-state index contributed by atoms with van der Waals surface area (Å²) in [6.45, 7) is 4.50. The number of para-hydroxylation sites is 3. The summed E-state index contributed by atoms with van der Waals surface area (Å²) in [5.74, 6) is 0.190. The van der Waals surface area contributed by atoms with Crippen molar-refractivity contribution in [3.63, 3.8) is 0 Å². The lowest BCUT2D eigenvalue weighted by atomic mass is 10.2. The number of fused-ring (bicyclic) bond motifs is 5. The molecule has 0 bridgehead atoms. The molecule has 158 valence electrons. The molecule has 0 unspecified atom stereocenters. The summed E-state index contributed by atoms with van der Waals surface area (Å²) in [4.78, 5) is 28.8. The second kappa shape index (κ2) is 7.10. The molecule has 8 nitrogen and oxygen atoms in total. The van der Waals surface area contributed by atoms with Crippen LogP contribution in [0.4, 0.5) is 5.95 Å². The molecule has 32 heavy (non-hydrogen) atoms. The number of rotatable bonds is 4. The van der Waals surface area contributed by atoms with Gasteiger partial charge in [-0.2, -0.15) is 4.98 Å². The van der Waals surface area contributed by atoms with E-state index in [4.69, 9.17) is 9.97 Å². The number of amides is 1. The summed E-state index contributed by atoms with van der Waals surface area (Å²) in [6.07, 6.45) is 0.271. The molecule has 4 heterocycles. The summed E-state index contributed by atoms with van der Waals surface area (Å²) in [5.41, 5.74) is 5.37. The topological polar surface area (TPSA) is 90.0 Å². The smallest absolute Gasteiger partial charge is 0.250 e. The van der Waals surface area contributed by atoms with Gasteiger partial charge in [0.15, 0.2) is 5.65 Å². The first-order valence-electron chi connectivity index (χ1n) is 10.3. The molecule has 9 heteroatoms. The zero-order valence-corrected chi connectivity index (χ0v) is 18.3. The summed E-state index contributed by atoms with van der Waals surface area (Å²) >= 11 is 1.56. The predicted octanol–water partition coefficient (Wildman–Crippen LogP) is 4.49. The molecule has 0 saturated carbocycles. The van der Waals surface area contributed by atoms with Crippen LogP contribution in [0.5, 0.6) is 0 Å². The van der Waals surface area contributed by atoms with Crippen LogP contribution in [0.1, 0.15) is 17.0 Å². The number of hydrogen-bond donors (Lipinski definition) is 1. The summed E-state index contributed by atoms with van der Waals surface area (Å²) in [6, 6.07) is 15.9. The monoisotopic (exact) mass is 441 g/mol. The lowest BCUT2D eigenvalue weighted by Gasteiger charge is -2.07. The highest BCUT2D eigenvalue weighted by molar-refractivity contribution is 7.17. The Morgan fingerprint density at radius 2 is 1.75 bits per heavy atom. The number of benzene rings is 2. The Morgan fingerprint density at radius 1 is 1.00 bits per heavy atom. The van der Waals surface area contributed by atoms with E-state index >= 15 is 0 Å². The van der Waals surface area contributed by atoms with Gasteiger partial charge in [-0.25, -0.2) is 14.5 Å². The zero-order chi connectivity index (χ0) is 21.8. The molecular weight excluding hydrogens is 422 g/mol. The van der Waals surface area contributed by atoms with Gasteiger partial charge >= 0.3 is 0 Å². The molecule has 0 aliphatic rings. The maximum Gasteiger partial charge on any atom is 0.250 e. The van der Waals surface area contributed by atoms with Crippen molar-refractivity contribution in [2.75, 3.05) is 5.32 Å². The van der Waals surface area contributed by atoms with Crippen LogP contribution >= 0.6 is 11.3 Å². The first kappa shape index (κ1) is 18.9. The highest BCUT2D eigenvalue weighted by Crippen LogP contribution is 2.28. The van der Waals surface area contributed by atoms with Crippen molar-refractivity contribution in [3.05, 3.63) is 59.1 Å². The Bertz CT molecular complexity index is 1660. The second-order valence-corrected chi connectivity index (χ2v) is 8.91. The fourth-order valence-electron chi connectivity index (χ4n) is 4.01. The van der Waals surface area contributed by atoms with Gasteiger partial charge in [0, 0.05) is 23.2 Å². The summed E-state index contributed by atoms with van der Waals surface area (Å²) < 4.78 is 3.83. The van der Waals surface area contributed by atoms with E-state index in [-0.39, 0.29) is 12.3 Å². The number of aryl methyl sites for hydroxylation is 3. The minimum Gasteiger partial charge on any atom is -0.323 e.